The van der Waals surface area contributed by atoms with Crippen molar-refractivity contribution in [1.82, 2.24) is 4.57 Å². The Bertz CT molecular complexity index is 1140. The van der Waals surface area contributed by atoms with Crippen LogP contribution in [0.15, 0.2) is 59.5 Å². The van der Waals surface area contributed by atoms with Crippen LogP contribution in [0.5, 0.6) is 0 Å². The first-order valence-corrected chi connectivity index (χ1v) is 10.3. The molecule has 1 aliphatic rings. The van der Waals surface area contributed by atoms with E-state index in [9.17, 15) is 9.59 Å². The molecule has 146 valence electrons. The molecule has 0 unspecified atom stereocenters. The minimum absolute atomic E-state index is 0.268. The lowest BCUT2D eigenvalue weighted by Gasteiger charge is -2.15. The maximum absolute atomic E-state index is 12.9. The van der Waals surface area contributed by atoms with E-state index in [0.717, 1.165) is 28.7 Å². The Balaban J connectivity index is 1.75. The van der Waals surface area contributed by atoms with Gasteiger partial charge in [-0.3, -0.25) is 9.59 Å². The zero-order chi connectivity index (χ0) is 20.7. The van der Waals surface area contributed by atoms with Crippen molar-refractivity contribution in [2.75, 3.05) is 4.90 Å². The lowest BCUT2D eigenvalue weighted by atomic mass is 10.1. The highest BCUT2D eigenvalue weighted by Crippen LogP contribution is 2.36. The number of thioether (sulfide) groups is 1. The zero-order valence-electron chi connectivity index (χ0n) is 16.9. The van der Waals surface area contributed by atoms with E-state index in [2.05, 4.69) is 49.6 Å². The number of amides is 2. The van der Waals surface area contributed by atoms with Crippen LogP contribution < -0.4 is 4.90 Å². The number of rotatable bonds is 3. The van der Waals surface area contributed by atoms with Crippen LogP contribution in [-0.2, 0) is 4.79 Å². The molecule has 5 heteroatoms. The first-order valence-electron chi connectivity index (χ1n) is 9.47. The van der Waals surface area contributed by atoms with E-state index >= 15 is 0 Å². The fourth-order valence-corrected chi connectivity index (χ4v) is 4.68. The fraction of sp³-hybridized carbons (Fsp3) is 0.167. The molecule has 0 atom stereocenters. The standard InChI is InChI=1S/C24H22N2O2S/c1-15-9-8-10-16(2)22(15)25-17(3)13-19(18(25)4)14-21-23(27)26(24(28)29-21)20-11-6-5-7-12-20/h5-14H,1-4H3/b21-14+. The molecule has 0 N–H and O–H groups in total. The largest absolute Gasteiger partial charge is 0.317 e. The average molecular weight is 403 g/mol. The van der Waals surface area contributed by atoms with Gasteiger partial charge in [0, 0.05) is 11.4 Å². The predicted octanol–water partition coefficient (Wildman–Crippen LogP) is 5.95. The number of benzene rings is 2. The number of aryl methyl sites for hydroxylation is 3. The molecule has 2 aromatic carbocycles. The van der Waals surface area contributed by atoms with Crippen molar-refractivity contribution in [2.24, 2.45) is 0 Å². The molecule has 0 aliphatic carbocycles. The summed E-state index contributed by atoms with van der Waals surface area (Å²) in [5.74, 6) is -0.275. The molecule has 0 saturated carbocycles. The van der Waals surface area contributed by atoms with Gasteiger partial charge in [-0.05, 0) is 80.4 Å². The highest BCUT2D eigenvalue weighted by molar-refractivity contribution is 8.19. The van der Waals surface area contributed by atoms with Crippen molar-refractivity contribution < 1.29 is 9.59 Å². The third-order valence-electron chi connectivity index (χ3n) is 5.23. The van der Waals surface area contributed by atoms with Crippen LogP contribution in [0.2, 0.25) is 0 Å². The number of carbonyl (C=O) groups excluding carboxylic acids is 2. The molecule has 0 bridgehead atoms. The van der Waals surface area contributed by atoms with Gasteiger partial charge in [-0.15, -0.1) is 0 Å². The molecule has 1 fully saturated rings. The Kier molecular flexibility index (Phi) is 4.92. The Hall–Kier alpha value is -3.05. The van der Waals surface area contributed by atoms with Crippen LogP contribution in [0.1, 0.15) is 28.1 Å². The molecule has 3 aromatic rings. The number of imide groups is 1. The van der Waals surface area contributed by atoms with Crippen molar-refractivity contribution in [3.8, 4) is 5.69 Å². The van der Waals surface area contributed by atoms with Gasteiger partial charge in [-0.2, -0.15) is 0 Å². The van der Waals surface area contributed by atoms with Crippen molar-refractivity contribution >= 4 is 34.7 Å². The summed E-state index contributed by atoms with van der Waals surface area (Å²) in [5, 5.41) is -0.268. The lowest BCUT2D eigenvalue weighted by Crippen LogP contribution is -2.27. The molecule has 1 saturated heterocycles. The van der Waals surface area contributed by atoms with E-state index in [0.29, 0.717) is 10.6 Å². The highest BCUT2D eigenvalue weighted by atomic mass is 32.2. The highest BCUT2D eigenvalue weighted by Gasteiger charge is 2.36. The molecule has 1 aromatic heterocycles. The van der Waals surface area contributed by atoms with E-state index < -0.39 is 0 Å². The third kappa shape index (κ3) is 3.32. The first kappa shape index (κ1) is 19.3. The van der Waals surface area contributed by atoms with Gasteiger partial charge in [0.15, 0.2) is 0 Å². The number of nitrogens with zero attached hydrogens (tertiary/aromatic N) is 2. The van der Waals surface area contributed by atoms with Gasteiger partial charge in [-0.1, -0.05) is 36.4 Å². The molecule has 1 aliphatic heterocycles. The SMILES string of the molecule is Cc1cccc(C)c1-n1c(C)cc(/C=C2/SC(=O)N(c3ccccc3)C2=O)c1C. The predicted molar refractivity (Wildman–Crippen MR) is 120 cm³/mol. The monoisotopic (exact) mass is 402 g/mol. The minimum atomic E-state index is -0.275. The Labute approximate surface area is 174 Å². The van der Waals surface area contributed by atoms with E-state index in [1.807, 2.05) is 31.2 Å². The number of aromatic nitrogens is 1. The van der Waals surface area contributed by atoms with Crippen LogP contribution in [0, 0.1) is 27.7 Å². The second-order valence-corrected chi connectivity index (χ2v) is 8.25. The second kappa shape index (κ2) is 7.41. The number of anilines is 1. The summed E-state index contributed by atoms with van der Waals surface area (Å²) in [4.78, 5) is 27.1. The van der Waals surface area contributed by atoms with Gasteiger partial charge in [-0.25, -0.2) is 4.90 Å². The summed E-state index contributed by atoms with van der Waals surface area (Å²) in [6, 6.07) is 17.4. The molecule has 4 rings (SSSR count). The van der Waals surface area contributed by atoms with Crippen molar-refractivity contribution in [2.45, 2.75) is 27.7 Å². The fourth-order valence-electron chi connectivity index (χ4n) is 3.84. The minimum Gasteiger partial charge on any atom is -0.317 e. The summed E-state index contributed by atoms with van der Waals surface area (Å²) in [6.45, 7) is 8.32. The van der Waals surface area contributed by atoms with Gasteiger partial charge in [0.1, 0.15) is 0 Å². The zero-order valence-corrected chi connectivity index (χ0v) is 17.7. The third-order valence-corrected chi connectivity index (χ3v) is 6.10. The summed E-state index contributed by atoms with van der Waals surface area (Å²) >= 11 is 0.987. The van der Waals surface area contributed by atoms with Crippen molar-refractivity contribution in [3.05, 3.63) is 87.6 Å². The van der Waals surface area contributed by atoms with Gasteiger partial charge >= 0.3 is 0 Å². The van der Waals surface area contributed by atoms with E-state index in [-0.39, 0.29) is 11.1 Å². The molecule has 4 nitrogen and oxygen atoms in total. The lowest BCUT2D eigenvalue weighted by molar-refractivity contribution is -0.113. The van der Waals surface area contributed by atoms with Crippen molar-refractivity contribution in [1.29, 1.82) is 0 Å². The smallest absolute Gasteiger partial charge is 0.298 e. The van der Waals surface area contributed by atoms with Crippen LogP contribution in [0.25, 0.3) is 11.8 Å². The Morgan fingerprint density at radius 1 is 0.862 bits per heavy atom. The molecule has 29 heavy (non-hydrogen) atoms. The molecule has 0 radical (unpaired) electrons. The first-order chi connectivity index (χ1) is 13.9. The maximum atomic E-state index is 12.9. The topological polar surface area (TPSA) is 42.3 Å². The summed E-state index contributed by atoms with van der Waals surface area (Å²) < 4.78 is 2.22. The molecule has 2 amide bonds. The average Bonchev–Trinajstić information content (AvgIpc) is 3.12. The van der Waals surface area contributed by atoms with Gasteiger partial charge in [0.25, 0.3) is 11.1 Å². The van der Waals surface area contributed by atoms with E-state index in [1.165, 1.54) is 21.7 Å². The van der Waals surface area contributed by atoms with Gasteiger partial charge < -0.3 is 4.57 Å². The van der Waals surface area contributed by atoms with E-state index in [1.54, 1.807) is 12.1 Å². The van der Waals surface area contributed by atoms with Crippen LogP contribution in [0.4, 0.5) is 10.5 Å². The number of hydrogen-bond acceptors (Lipinski definition) is 3. The van der Waals surface area contributed by atoms with Crippen LogP contribution >= 0.6 is 11.8 Å². The Morgan fingerprint density at radius 2 is 1.52 bits per heavy atom. The quantitative estimate of drug-likeness (QED) is 0.508. The van der Waals surface area contributed by atoms with Gasteiger partial charge in [0.2, 0.25) is 0 Å². The normalized spacial score (nSPS) is 15.6. The number of hydrogen-bond donors (Lipinski definition) is 0. The summed E-state index contributed by atoms with van der Waals surface area (Å²) in [7, 11) is 0. The Morgan fingerprint density at radius 3 is 2.17 bits per heavy atom. The van der Waals surface area contributed by atoms with Crippen LogP contribution in [-0.4, -0.2) is 15.7 Å². The molecule has 0 spiro atoms. The number of carbonyl (C=O) groups is 2. The molecular formula is C24H22N2O2S. The second-order valence-electron chi connectivity index (χ2n) is 7.25. The van der Waals surface area contributed by atoms with Gasteiger partial charge in [0.05, 0.1) is 16.3 Å². The molecular weight excluding hydrogens is 380 g/mol. The number of para-hydroxylation sites is 2. The van der Waals surface area contributed by atoms with E-state index in [4.69, 9.17) is 0 Å². The van der Waals surface area contributed by atoms with Crippen molar-refractivity contribution in [3.63, 3.8) is 0 Å². The van der Waals surface area contributed by atoms with Crippen LogP contribution in [0.3, 0.4) is 0 Å². The molecule has 2 heterocycles. The maximum Gasteiger partial charge on any atom is 0.298 e. The summed E-state index contributed by atoms with van der Waals surface area (Å²) in [5.41, 5.74) is 7.24. The summed E-state index contributed by atoms with van der Waals surface area (Å²) in [6.07, 6.45) is 1.83.